The number of ether oxygens (including phenoxy) is 3. The second-order valence-electron chi connectivity index (χ2n) is 24.7. The number of aliphatic imine (C=N–C) groups is 1. The first-order valence-corrected chi connectivity index (χ1v) is 30.9. The predicted molar refractivity (Wildman–Crippen MR) is 322 cm³/mol. The van der Waals surface area contributed by atoms with E-state index in [1.165, 1.54) is 0 Å². The van der Waals surface area contributed by atoms with Gasteiger partial charge in [-0.05, 0) is 95.0 Å². The second-order valence-corrected chi connectivity index (χ2v) is 24.7. The Labute approximate surface area is 492 Å². The van der Waals surface area contributed by atoms with Crippen LogP contribution in [0.4, 0.5) is 0 Å². The van der Waals surface area contributed by atoms with Crippen LogP contribution in [0.15, 0.2) is 64.7 Å². The molecule has 82 heavy (non-hydrogen) atoms. The molecule has 2 aliphatic heterocycles. The molecular formula is C64H113N3O15. The molecule has 18 heteroatoms. The zero-order chi connectivity index (χ0) is 61.5. The highest BCUT2D eigenvalue weighted by molar-refractivity contribution is 5.88. The summed E-state index contributed by atoms with van der Waals surface area (Å²) in [4.78, 5) is 30.9. The van der Waals surface area contributed by atoms with Gasteiger partial charge in [0.25, 0.3) is 0 Å². The van der Waals surface area contributed by atoms with Crippen LogP contribution in [0.2, 0.25) is 0 Å². The second kappa shape index (κ2) is 40.0. The fourth-order valence-electron chi connectivity index (χ4n) is 10.7. The molecule has 0 aromatic carbocycles. The molecule has 0 spiro atoms. The van der Waals surface area contributed by atoms with E-state index in [1.807, 2.05) is 13.0 Å². The SMILES string of the molecule is CN=C(N)NCCC/C=C/CCC[C@H](C)[C@@H]1OC(=O)/C(C)=C\C=C/[C@H](C)[C@@H](O)C[C@H](O)[C@@H](C)[C@H](O)CC[C@H](C)[C@@H](O)C[C@@]2(O)O[C@@H](C[C@@H](OC(=O)CCCCCCCC(C)C)C[C@H](O)C[C@@H](O)C[C@H](O)/C(C)=C\C=C/[C@H]1C)C[C@@H](O)[C@@H]2O. The van der Waals surface area contributed by atoms with Crippen molar-refractivity contribution in [1.82, 2.24) is 5.32 Å². The van der Waals surface area contributed by atoms with Crippen LogP contribution >= 0.6 is 0 Å². The smallest absolute Gasteiger partial charge is 0.334 e. The maximum absolute atomic E-state index is 13.7. The van der Waals surface area contributed by atoms with Crippen LogP contribution in [0.25, 0.3) is 0 Å². The van der Waals surface area contributed by atoms with Gasteiger partial charge in [0, 0.05) is 81.9 Å². The van der Waals surface area contributed by atoms with Crippen molar-refractivity contribution in [2.24, 2.45) is 46.2 Å². The summed E-state index contributed by atoms with van der Waals surface area (Å²) in [5.74, 6) is -4.37. The van der Waals surface area contributed by atoms with Crippen LogP contribution in [-0.4, -0.2) is 162 Å². The highest BCUT2D eigenvalue weighted by Crippen LogP contribution is 2.36. The van der Waals surface area contributed by atoms with Gasteiger partial charge >= 0.3 is 11.9 Å². The number of aliphatic hydroxyl groups excluding tert-OH is 9. The van der Waals surface area contributed by atoms with Crippen LogP contribution in [0.5, 0.6) is 0 Å². The minimum Gasteiger partial charge on any atom is -0.462 e. The largest absolute Gasteiger partial charge is 0.462 e. The standard InChI is InChI=1S/C64H113N3O15/c1-41(2)24-18-14-13-16-20-30-59(76)80-51-35-49(68)34-50(69)36-54(71)42(3)26-22-28-46(7)60(45(6)25-19-15-11-12-17-21-33-67-63(65)66-10)81-62(78)47(8)29-23-27-43(4)55(72)39-56(73)48(9)53(70)32-31-44(5)58(75)40-64(79)61(77)57(74)38-52(37-51)82-64/h11-12,22-23,26-29,41,43-46,48-58,60-61,68-75,77,79H,13-21,24-25,30-40H2,1-10H3,(H3,65,66,67)/b12-11+,27-23-,28-22-,42-26-,47-29-/t43-,44-,45-,46+,48-,49+,50+,51-,52-,53+,54-,55-,56-,57+,58-,60-,61-,64+/m0/s1. The number of allylic oxidation sites excluding steroid dienone is 6. The molecule has 0 aliphatic carbocycles. The average molecular weight is 1160 g/mol. The molecule has 2 rings (SSSR count). The van der Waals surface area contributed by atoms with E-state index < -0.39 is 115 Å². The molecule has 0 aromatic heterocycles. The Bertz CT molecular complexity index is 1980. The van der Waals surface area contributed by atoms with Crippen molar-refractivity contribution < 1.29 is 74.9 Å². The number of esters is 2. The number of nitrogens with two attached hydrogens (primary N) is 1. The Kier molecular flexibility index (Phi) is 36.3. The lowest BCUT2D eigenvalue weighted by Crippen LogP contribution is -2.60. The van der Waals surface area contributed by atoms with E-state index in [2.05, 4.69) is 43.2 Å². The van der Waals surface area contributed by atoms with E-state index in [0.717, 1.165) is 70.8 Å². The first kappa shape index (κ1) is 74.6. The Hall–Kier alpha value is -3.53. The molecule has 0 unspecified atom stereocenters. The van der Waals surface area contributed by atoms with E-state index in [0.29, 0.717) is 29.4 Å². The summed E-state index contributed by atoms with van der Waals surface area (Å²) in [5, 5.41) is 116. The number of guanidine groups is 1. The molecule has 0 aromatic rings. The highest BCUT2D eigenvalue weighted by Gasteiger charge is 2.50. The molecule has 13 N–H and O–H groups in total. The molecule has 2 bridgehead atoms. The van der Waals surface area contributed by atoms with Crippen LogP contribution in [-0.2, 0) is 23.8 Å². The number of nitrogens with one attached hydrogen (secondary N) is 1. The van der Waals surface area contributed by atoms with Crippen LogP contribution < -0.4 is 11.1 Å². The number of carbonyl (C=O) groups excluding carboxylic acids is 2. The molecule has 1 saturated heterocycles. The lowest BCUT2D eigenvalue weighted by atomic mass is 9.84. The average Bonchev–Trinajstić information content (AvgIpc) is 3.42. The Morgan fingerprint density at radius 3 is 2.06 bits per heavy atom. The van der Waals surface area contributed by atoms with Gasteiger partial charge in [-0.2, -0.15) is 0 Å². The predicted octanol–water partition coefficient (Wildman–Crippen LogP) is 7.28. The van der Waals surface area contributed by atoms with E-state index in [-0.39, 0.29) is 69.6 Å². The lowest BCUT2D eigenvalue weighted by molar-refractivity contribution is -0.333. The van der Waals surface area contributed by atoms with Gasteiger partial charge in [0.2, 0.25) is 0 Å². The normalized spacial score (nSPS) is 36.2. The fraction of sp³-hybridized carbons (Fsp3) is 0.797. The number of fused-ring (bicyclic) bond motifs is 2. The maximum atomic E-state index is 13.7. The molecule has 2 aliphatic rings. The van der Waals surface area contributed by atoms with Gasteiger partial charge in [-0.25, -0.2) is 4.79 Å². The van der Waals surface area contributed by atoms with Gasteiger partial charge in [0.1, 0.15) is 18.3 Å². The van der Waals surface area contributed by atoms with Crippen molar-refractivity contribution in [3.8, 4) is 0 Å². The lowest BCUT2D eigenvalue weighted by Gasteiger charge is -2.45. The third-order valence-corrected chi connectivity index (χ3v) is 16.6. The number of nitrogens with zero attached hydrogens (tertiary/aromatic N) is 1. The summed E-state index contributed by atoms with van der Waals surface area (Å²) in [6.45, 7) is 17.6. The summed E-state index contributed by atoms with van der Waals surface area (Å²) in [7, 11) is 1.64. The Morgan fingerprint density at radius 2 is 1.38 bits per heavy atom. The summed E-state index contributed by atoms with van der Waals surface area (Å²) in [6, 6.07) is 0. The minimum absolute atomic E-state index is 0.0392. The van der Waals surface area contributed by atoms with Crippen molar-refractivity contribution in [3.05, 3.63) is 59.8 Å². The van der Waals surface area contributed by atoms with Gasteiger partial charge in [-0.1, -0.05) is 129 Å². The zero-order valence-corrected chi connectivity index (χ0v) is 51.6. The van der Waals surface area contributed by atoms with Crippen molar-refractivity contribution in [3.63, 3.8) is 0 Å². The Morgan fingerprint density at radius 1 is 0.744 bits per heavy atom. The van der Waals surface area contributed by atoms with Gasteiger partial charge in [-0.3, -0.25) is 9.79 Å². The molecule has 0 saturated carbocycles. The first-order valence-electron chi connectivity index (χ1n) is 30.9. The van der Waals surface area contributed by atoms with Crippen molar-refractivity contribution in [2.45, 2.75) is 276 Å². The van der Waals surface area contributed by atoms with E-state index in [4.69, 9.17) is 19.9 Å². The molecule has 0 amide bonds. The number of aliphatic hydroxyl groups is 10. The molecule has 18 atom stereocenters. The van der Waals surface area contributed by atoms with Gasteiger partial charge < -0.3 is 76.3 Å². The number of carbonyl (C=O) groups is 2. The third-order valence-electron chi connectivity index (χ3n) is 16.6. The summed E-state index contributed by atoms with van der Waals surface area (Å²) < 4.78 is 18.2. The minimum atomic E-state index is -2.43. The van der Waals surface area contributed by atoms with Crippen molar-refractivity contribution >= 4 is 17.9 Å². The van der Waals surface area contributed by atoms with E-state index >= 15 is 0 Å². The highest BCUT2D eigenvalue weighted by atomic mass is 16.7. The fourth-order valence-corrected chi connectivity index (χ4v) is 10.7. The van der Waals surface area contributed by atoms with Crippen LogP contribution in [0.1, 0.15) is 197 Å². The number of cyclic esters (lactones) is 1. The topological polar surface area (TPSA) is 315 Å². The van der Waals surface area contributed by atoms with E-state index in [9.17, 15) is 60.7 Å². The number of unbranched alkanes of at least 4 members (excludes halogenated alkanes) is 6. The quantitative estimate of drug-likeness (QED) is 0.0211. The first-order chi connectivity index (χ1) is 38.7. The summed E-state index contributed by atoms with van der Waals surface area (Å²) in [5.41, 5.74) is 6.60. The Balaban J connectivity index is 2.43. The molecule has 2 heterocycles. The molecule has 474 valence electrons. The van der Waals surface area contributed by atoms with Crippen LogP contribution in [0.3, 0.4) is 0 Å². The molecule has 18 nitrogen and oxygen atoms in total. The number of hydrogen-bond acceptors (Lipinski definition) is 16. The summed E-state index contributed by atoms with van der Waals surface area (Å²) in [6.07, 6.45) is 10.3. The monoisotopic (exact) mass is 1160 g/mol. The number of rotatable bonds is 18. The van der Waals surface area contributed by atoms with Crippen LogP contribution in [0, 0.1) is 35.5 Å². The van der Waals surface area contributed by atoms with Crippen molar-refractivity contribution in [2.75, 3.05) is 13.6 Å². The summed E-state index contributed by atoms with van der Waals surface area (Å²) >= 11 is 0. The maximum Gasteiger partial charge on any atom is 0.334 e. The van der Waals surface area contributed by atoms with Crippen molar-refractivity contribution in [1.29, 1.82) is 0 Å². The van der Waals surface area contributed by atoms with Gasteiger partial charge in [0.05, 0.1) is 54.9 Å². The van der Waals surface area contributed by atoms with E-state index in [1.54, 1.807) is 72.0 Å². The molecule has 0 radical (unpaired) electrons. The van der Waals surface area contributed by atoms with Gasteiger partial charge in [0.15, 0.2) is 11.7 Å². The third kappa shape index (κ3) is 29.5. The molecular weight excluding hydrogens is 1050 g/mol. The molecule has 1 fully saturated rings. The van der Waals surface area contributed by atoms with Gasteiger partial charge in [-0.15, -0.1) is 0 Å². The zero-order valence-electron chi connectivity index (χ0n) is 51.6. The number of hydrogen-bond donors (Lipinski definition) is 12.